The molecule has 1 heterocycles. The van der Waals surface area contributed by atoms with Crippen LogP contribution in [0.15, 0.2) is 53.9 Å². The molecule has 1 amide bonds. The minimum Gasteiger partial charge on any atom is -0.486 e. The number of hydrogen-bond acceptors (Lipinski definition) is 5. The first-order valence-corrected chi connectivity index (χ1v) is 11.0. The van der Waals surface area contributed by atoms with Gasteiger partial charge in [0.2, 0.25) is 5.91 Å². The summed E-state index contributed by atoms with van der Waals surface area (Å²) in [6.45, 7) is 5.75. The maximum atomic E-state index is 12.8. The van der Waals surface area contributed by atoms with Crippen molar-refractivity contribution in [1.29, 1.82) is 0 Å². The van der Waals surface area contributed by atoms with Gasteiger partial charge in [-0.25, -0.2) is 4.98 Å². The molecule has 3 aromatic rings. The number of thiazole rings is 1. The maximum absolute atomic E-state index is 12.8. The summed E-state index contributed by atoms with van der Waals surface area (Å²) >= 11 is 1.53. The molecule has 5 nitrogen and oxygen atoms in total. The van der Waals surface area contributed by atoms with E-state index in [1.165, 1.54) is 16.9 Å². The van der Waals surface area contributed by atoms with Crippen LogP contribution < -0.4 is 9.64 Å². The van der Waals surface area contributed by atoms with Crippen molar-refractivity contribution in [2.75, 3.05) is 25.5 Å². The molecule has 30 heavy (non-hydrogen) atoms. The molecule has 0 atom stereocenters. The van der Waals surface area contributed by atoms with Crippen LogP contribution in [0.2, 0.25) is 0 Å². The highest BCUT2D eigenvalue weighted by molar-refractivity contribution is 7.09. The van der Waals surface area contributed by atoms with Gasteiger partial charge in [0.05, 0.1) is 12.1 Å². The fourth-order valence-corrected chi connectivity index (χ4v) is 3.74. The SMILES string of the molecule is CCN(Cc1ccc(N(C)C)cc1)C(=O)Cc1csc(COc2ccc(C)cc2)n1. The van der Waals surface area contributed by atoms with Crippen LogP contribution in [0.25, 0.3) is 0 Å². The molecule has 1 aromatic heterocycles. The summed E-state index contributed by atoms with van der Waals surface area (Å²) in [6, 6.07) is 16.3. The number of anilines is 1. The largest absolute Gasteiger partial charge is 0.486 e. The smallest absolute Gasteiger partial charge is 0.228 e. The molecule has 2 aromatic carbocycles. The lowest BCUT2D eigenvalue weighted by molar-refractivity contribution is -0.130. The number of aryl methyl sites for hydroxylation is 1. The van der Waals surface area contributed by atoms with Gasteiger partial charge in [0.1, 0.15) is 17.4 Å². The van der Waals surface area contributed by atoms with Crippen molar-refractivity contribution >= 4 is 22.9 Å². The Bertz CT molecular complexity index is 949. The number of carbonyl (C=O) groups excluding carboxylic acids is 1. The lowest BCUT2D eigenvalue weighted by Crippen LogP contribution is -2.31. The minimum atomic E-state index is 0.0884. The number of ether oxygens (including phenoxy) is 1. The third-order valence-corrected chi connectivity index (χ3v) is 5.75. The second kappa shape index (κ2) is 10.3. The molecular formula is C24H29N3O2S. The topological polar surface area (TPSA) is 45.7 Å². The first-order valence-electron chi connectivity index (χ1n) is 10.1. The van der Waals surface area contributed by atoms with Crippen LogP contribution in [0, 0.1) is 6.92 Å². The van der Waals surface area contributed by atoms with Crippen molar-refractivity contribution in [3.8, 4) is 5.75 Å². The lowest BCUT2D eigenvalue weighted by atomic mass is 10.1. The van der Waals surface area contributed by atoms with Crippen LogP contribution in [0.1, 0.15) is 28.8 Å². The summed E-state index contributed by atoms with van der Waals surface area (Å²) in [5, 5.41) is 2.83. The van der Waals surface area contributed by atoms with Gasteiger partial charge in [0.25, 0.3) is 0 Å². The lowest BCUT2D eigenvalue weighted by Gasteiger charge is -2.21. The first-order chi connectivity index (χ1) is 14.4. The molecule has 0 saturated heterocycles. The Balaban J connectivity index is 1.54. The number of aromatic nitrogens is 1. The Morgan fingerprint density at radius 3 is 2.40 bits per heavy atom. The van der Waals surface area contributed by atoms with E-state index in [9.17, 15) is 4.79 Å². The van der Waals surface area contributed by atoms with Crippen LogP contribution in [0.3, 0.4) is 0 Å². The zero-order valence-corrected chi connectivity index (χ0v) is 18.9. The van der Waals surface area contributed by atoms with E-state index < -0.39 is 0 Å². The van der Waals surface area contributed by atoms with Gasteiger partial charge in [-0.2, -0.15) is 0 Å². The fourth-order valence-electron chi connectivity index (χ4n) is 3.04. The van der Waals surface area contributed by atoms with E-state index in [4.69, 9.17) is 4.74 Å². The number of carbonyl (C=O) groups is 1. The first kappa shape index (κ1) is 21.8. The summed E-state index contributed by atoms with van der Waals surface area (Å²) in [7, 11) is 4.04. The summed E-state index contributed by atoms with van der Waals surface area (Å²) in [5.74, 6) is 0.913. The molecule has 3 rings (SSSR count). The Labute approximate surface area is 182 Å². The zero-order valence-electron chi connectivity index (χ0n) is 18.1. The van der Waals surface area contributed by atoms with Crippen LogP contribution in [0.4, 0.5) is 5.69 Å². The van der Waals surface area contributed by atoms with E-state index in [-0.39, 0.29) is 5.91 Å². The second-order valence-corrected chi connectivity index (χ2v) is 8.42. The van der Waals surface area contributed by atoms with Crippen LogP contribution >= 0.6 is 11.3 Å². The minimum absolute atomic E-state index is 0.0884. The third kappa shape index (κ3) is 6.07. The summed E-state index contributed by atoms with van der Waals surface area (Å²) in [5.41, 5.74) is 4.28. The van der Waals surface area contributed by atoms with E-state index in [1.54, 1.807) is 0 Å². The van der Waals surface area contributed by atoms with Crippen molar-refractivity contribution in [3.05, 3.63) is 75.7 Å². The number of hydrogen-bond donors (Lipinski definition) is 0. The van der Waals surface area contributed by atoms with Crippen LogP contribution in [-0.4, -0.2) is 36.4 Å². The van der Waals surface area contributed by atoms with Gasteiger partial charge in [-0.1, -0.05) is 29.8 Å². The van der Waals surface area contributed by atoms with E-state index in [1.807, 2.05) is 62.5 Å². The average Bonchev–Trinajstić information content (AvgIpc) is 3.19. The quantitative estimate of drug-likeness (QED) is 0.501. The van der Waals surface area contributed by atoms with Gasteiger partial charge < -0.3 is 14.5 Å². The van der Waals surface area contributed by atoms with Crippen LogP contribution in [0.5, 0.6) is 5.75 Å². The van der Waals surface area contributed by atoms with Gasteiger partial charge in [-0.15, -0.1) is 11.3 Å². The fraction of sp³-hybridized carbons (Fsp3) is 0.333. The molecule has 158 valence electrons. The van der Waals surface area contributed by atoms with Crippen LogP contribution in [-0.2, 0) is 24.4 Å². The Morgan fingerprint density at radius 1 is 1.07 bits per heavy atom. The summed E-state index contributed by atoms with van der Waals surface area (Å²) in [6.07, 6.45) is 0.310. The van der Waals surface area contributed by atoms with Gasteiger partial charge in [0.15, 0.2) is 0 Å². The Morgan fingerprint density at radius 2 is 1.77 bits per heavy atom. The Kier molecular flexibility index (Phi) is 7.46. The van der Waals surface area contributed by atoms with Gasteiger partial charge in [-0.3, -0.25) is 4.79 Å². The van der Waals surface area contributed by atoms with Crippen molar-refractivity contribution in [1.82, 2.24) is 9.88 Å². The van der Waals surface area contributed by atoms with Crippen molar-refractivity contribution in [2.45, 2.75) is 33.4 Å². The van der Waals surface area contributed by atoms with Gasteiger partial charge in [0, 0.05) is 38.3 Å². The van der Waals surface area contributed by atoms with Gasteiger partial charge >= 0.3 is 0 Å². The molecule has 0 N–H and O–H groups in total. The van der Waals surface area contributed by atoms with E-state index >= 15 is 0 Å². The highest BCUT2D eigenvalue weighted by atomic mass is 32.1. The van der Waals surface area contributed by atoms with Crippen molar-refractivity contribution in [3.63, 3.8) is 0 Å². The molecular weight excluding hydrogens is 394 g/mol. The van der Waals surface area contributed by atoms with Gasteiger partial charge in [-0.05, 0) is 43.7 Å². The highest BCUT2D eigenvalue weighted by Crippen LogP contribution is 2.18. The molecule has 6 heteroatoms. The number of nitrogens with zero attached hydrogens (tertiary/aromatic N) is 3. The predicted molar refractivity (Wildman–Crippen MR) is 123 cm³/mol. The normalized spacial score (nSPS) is 10.7. The number of benzene rings is 2. The number of likely N-dealkylation sites (N-methyl/N-ethyl adjacent to an activating group) is 1. The van der Waals surface area contributed by atoms with E-state index in [0.29, 0.717) is 26.1 Å². The highest BCUT2D eigenvalue weighted by Gasteiger charge is 2.15. The summed E-state index contributed by atoms with van der Waals surface area (Å²) in [4.78, 5) is 21.3. The average molecular weight is 424 g/mol. The standard InChI is InChI=1S/C24H29N3O2S/c1-5-27(15-19-8-10-21(11-9-19)26(3)4)24(28)14-20-17-30-23(25-20)16-29-22-12-6-18(2)7-13-22/h6-13,17H,5,14-16H2,1-4H3. The monoisotopic (exact) mass is 423 g/mol. The summed E-state index contributed by atoms with van der Waals surface area (Å²) < 4.78 is 5.79. The molecule has 0 spiro atoms. The predicted octanol–water partition coefficient (Wildman–Crippen LogP) is 4.69. The molecule has 0 aliphatic carbocycles. The molecule has 0 fully saturated rings. The molecule has 0 aliphatic heterocycles. The number of amides is 1. The second-order valence-electron chi connectivity index (χ2n) is 7.48. The molecule has 0 radical (unpaired) electrons. The molecule has 0 aliphatic rings. The van der Waals surface area contributed by atoms with Crippen molar-refractivity contribution in [2.24, 2.45) is 0 Å². The number of rotatable bonds is 9. The van der Waals surface area contributed by atoms with E-state index in [0.717, 1.165) is 27.7 Å². The maximum Gasteiger partial charge on any atom is 0.228 e. The Hall–Kier alpha value is -2.86. The molecule has 0 unspecified atom stereocenters. The molecule has 0 saturated carbocycles. The van der Waals surface area contributed by atoms with E-state index in [2.05, 4.69) is 34.1 Å². The third-order valence-electron chi connectivity index (χ3n) is 4.88. The molecule has 0 bridgehead atoms. The zero-order chi connectivity index (χ0) is 21.5. The van der Waals surface area contributed by atoms with Crippen molar-refractivity contribution < 1.29 is 9.53 Å².